The number of halogens is 1. The Hall–Kier alpha value is -2.70. The van der Waals surface area contributed by atoms with Crippen molar-refractivity contribution in [3.63, 3.8) is 0 Å². The Morgan fingerprint density at radius 2 is 2.15 bits per heavy atom. The van der Waals surface area contributed by atoms with Gasteiger partial charge in [-0.25, -0.2) is 18.3 Å². The molecule has 1 aromatic carbocycles. The van der Waals surface area contributed by atoms with Crippen LogP contribution in [0.4, 0.5) is 10.1 Å². The van der Waals surface area contributed by atoms with Crippen molar-refractivity contribution in [1.29, 1.82) is 0 Å². The maximum absolute atomic E-state index is 13.4. The number of aromatic nitrogens is 4. The van der Waals surface area contributed by atoms with E-state index in [9.17, 15) is 9.18 Å². The second-order valence-corrected chi connectivity index (χ2v) is 4.22. The molecule has 0 aliphatic rings. The van der Waals surface area contributed by atoms with Crippen LogP contribution >= 0.6 is 0 Å². The van der Waals surface area contributed by atoms with Gasteiger partial charge in [-0.3, -0.25) is 4.98 Å². The highest BCUT2D eigenvalue weighted by Crippen LogP contribution is 2.11. The van der Waals surface area contributed by atoms with Crippen molar-refractivity contribution < 1.29 is 4.39 Å². The zero-order valence-electron chi connectivity index (χ0n) is 10.5. The Kier molecular flexibility index (Phi) is 3.16. The summed E-state index contributed by atoms with van der Waals surface area (Å²) >= 11 is 0. The Labute approximate surface area is 113 Å². The molecule has 2 heterocycles. The predicted octanol–water partition coefficient (Wildman–Crippen LogP) is 1.14. The Balaban J connectivity index is 1.73. The highest BCUT2D eigenvalue weighted by Gasteiger charge is 2.06. The highest BCUT2D eigenvalue weighted by molar-refractivity contribution is 5.44. The molecule has 0 fully saturated rings. The van der Waals surface area contributed by atoms with E-state index in [1.54, 1.807) is 24.4 Å². The normalized spacial score (nSPS) is 10.8. The van der Waals surface area contributed by atoms with Crippen molar-refractivity contribution in [3.05, 3.63) is 59.2 Å². The van der Waals surface area contributed by atoms with Gasteiger partial charge in [0.15, 0.2) is 5.65 Å². The molecule has 0 saturated heterocycles. The van der Waals surface area contributed by atoms with E-state index in [0.717, 1.165) is 0 Å². The van der Waals surface area contributed by atoms with Gasteiger partial charge in [0.1, 0.15) is 5.82 Å². The summed E-state index contributed by atoms with van der Waals surface area (Å²) in [6, 6.07) is 6.39. The summed E-state index contributed by atoms with van der Waals surface area (Å²) < 4.78 is 16.1. The van der Waals surface area contributed by atoms with Crippen LogP contribution in [0.3, 0.4) is 0 Å². The molecule has 102 valence electrons. The van der Waals surface area contributed by atoms with Crippen molar-refractivity contribution in [1.82, 2.24) is 19.2 Å². The van der Waals surface area contributed by atoms with Crippen LogP contribution < -0.4 is 11.0 Å². The van der Waals surface area contributed by atoms with E-state index in [0.29, 0.717) is 24.4 Å². The Morgan fingerprint density at radius 1 is 1.30 bits per heavy atom. The SMILES string of the molecule is O=c1n(CCNc2ccccc2F)nc2cnccn12. The maximum Gasteiger partial charge on any atom is 0.350 e. The summed E-state index contributed by atoms with van der Waals surface area (Å²) in [5.41, 5.74) is 0.659. The molecule has 1 N–H and O–H groups in total. The lowest BCUT2D eigenvalue weighted by Crippen LogP contribution is -2.24. The van der Waals surface area contributed by atoms with E-state index in [4.69, 9.17) is 0 Å². The fraction of sp³-hybridized carbons (Fsp3) is 0.154. The number of fused-ring (bicyclic) bond motifs is 1. The lowest BCUT2D eigenvalue weighted by molar-refractivity contribution is 0.605. The highest BCUT2D eigenvalue weighted by atomic mass is 19.1. The molecule has 0 aliphatic carbocycles. The van der Waals surface area contributed by atoms with E-state index in [1.165, 1.54) is 27.5 Å². The molecular weight excluding hydrogens is 261 g/mol. The lowest BCUT2D eigenvalue weighted by atomic mass is 10.3. The van der Waals surface area contributed by atoms with E-state index in [-0.39, 0.29) is 11.5 Å². The fourth-order valence-corrected chi connectivity index (χ4v) is 1.93. The topological polar surface area (TPSA) is 64.2 Å². The van der Waals surface area contributed by atoms with Gasteiger partial charge >= 0.3 is 5.69 Å². The third-order valence-corrected chi connectivity index (χ3v) is 2.90. The molecule has 0 aliphatic heterocycles. The molecule has 0 radical (unpaired) electrons. The molecule has 3 aromatic rings. The Morgan fingerprint density at radius 3 is 2.95 bits per heavy atom. The summed E-state index contributed by atoms with van der Waals surface area (Å²) in [6.45, 7) is 0.743. The van der Waals surface area contributed by atoms with Crippen molar-refractivity contribution in [2.45, 2.75) is 6.54 Å². The monoisotopic (exact) mass is 273 g/mol. The van der Waals surface area contributed by atoms with Crippen molar-refractivity contribution >= 4 is 11.3 Å². The van der Waals surface area contributed by atoms with Crippen LogP contribution in [0.25, 0.3) is 5.65 Å². The molecule has 0 saturated carbocycles. The van der Waals surface area contributed by atoms with E-state index < -0.39 is 0 Å². The van der Waals surface area contributed by atoms with Gasteiger partial charge < -0.3 is 5.32 Å². The Bertz CT molecular complexity index is 795. The maximum atomic E-state index is 13.4. The van der Waals surface area contributed by atoms with Crippen molar-refractivity contribution in [2.75, 3.05) is 11.9 Å². The minimum atomic E-state index is -0.320. The quantitative estimate of drug-likeness (QED) is 0.774. The van der Waals surface area contributed by atoms with Gasteiger partial charge in [0.05, 0.1) is 18.4 Å². The first-order valence-electron chi connectivity index (χ1n) is 6.13. The van der Waals surface area contributed by atoms with Crippen molar-refractivity contribution in [3.8, 4) is 0 Å². The minimum Gasteiger partial charge on any atom is -0.381 e. The van der Waals surface area contributed by atoms with E-state index >= 15 is 0 Å². The molecule has 0 atom stereocenters. The van der Waals surface area contributed by atoms with Crippen LogP contribution in [-0.4, -0.2) is 25.7 Å². The number of benzene rings is 1. The van der Waals surface area contributed by atoms with Gasteiger partial charge in [-0.15, -0.1) is 5.10 Å². The molecule has 2 aromatic heterocycles. The van der Waals surface area contributed by atoms with Gasteiger partial charge in [0.25, 0.3) is 0 Å². The number of hydrogen-bond acceptors (Lipinski definition) is 4. The number of nitrogens with one attached hydrogen (secondary N) is 1. The summed E-state index contributed by atoms with van der Waals surface area (Å²) in [5, 5.41) is 7.07. The van der Waals surface area contributed by atoms with Gasteiger partial charge in [-0.2, -0.15) is 0 Å². The molecule has 0 spiro atoms. The van der Waals surface area contributed by atoms with Crippen LogP contribution in [-0.2, 0) is 6.54 Å². The zero-order chi connectivity index (χ0) is 13.9. The predicted molar refractivity (Wildman–Crippen MR) is 72.1 cm³/mol. The number of rotatable bonds is 4. The lowest BCUT2D eigenvalue weighted by Gasteiger charge is -2.06. The van der Waals surface area contributed by atoms with Gasteiger partial charge in [0.2, 0.25) is 0 Å². The molecular formula is C13H12FN5O. The molecule has 0 bridgehead atoms. The summed E-state index contributed by atoms with van der Waals surface area (Å²) in [7, 11) is 0. The smallest absolute Gasteiger partial charge is 0.350 e. The summed E-state index contributed by atoms with van der Waals surface area (Å²) in [5.74, 6) is -0.320. The van der Waals surface area contributed by atoms with E-state index in [1.807, 2.05) is 0 Å². The standard InChI is InChI=1S/C13H12FN5O/c14-10-3-1-2-4-11(10)16-6-8-19-13(20)18-7-5-15-9-12(18)17-19/h1-5,7,9,16H,6,8H2. The largest absolute Gasteiger partial charge is 0.381 e. The second-order valence-electron chi connectivity index (χ2n) is 4.22. The number of para-hydroxylation sites is 1. The molecule has 7 heteroatoms. The first-order valence-corrected chi connectivity index (χ1v) is 6.13. The number of hydrogen-bond donors (Lipinski definition) is 1. The van der Waals surface area contributed by atoms with Crippen LogP contribution in [0.5, 0.6) is 0 Å². The van der Waals surface area contributed by atoms with Gasteiger partial charge in [-0.05, 0) is 12.1 Å². The summed E-state index contributed by atoms with van der Waals surface area (Å²) in [6.07, 6.45) is 4.60. The second kappa shape index (κ2) is 5.12. The first kappa shape index (κ1) is 12.3. The minimum absolute atomic E-state index is 0.238. The van der Waals surface area contributed by atoms with Crippen LogP contribution in [0.2, 0.25) is 0 Å². The average molecular weight is 273 g/mol. The fourth-order valence-electron chi connectivity index (χ4n) is 1.93. The third kappa shape index (κ3) is 2.25. The molecule has 0 unspecified atom stereocenters. The zero-order valence-corrected chi connectivity index (χ0v) is 10.5. The summed E-state index contributed by atoms with van der Waals surface area (Å²) in [4.78, 5) is 15.9. The number of nitrogens with zero attached hydrogens (tertiary/aromatic N) is 4. The molecule has 6 nitrogen and oxygen atoms in total. The number of anilines is 1. The first-order chi connectivity index (χ1) is 9.75. The van der Waals surface area contributed by atoms with Gasteiger partial charge in [-0.1, -0.05) is 12.1 Å². The van der Waals surface area contributed by atoms with Gasteiger partial charge in [0, 0.05) is 18.9 Å². The van der Waals surface area contributed by atoms with Crippen LogP contribution in [0.15, 0.2) is 47.7 Å². The van der Waals surface area contributed by atoms with Crippen LogP contribution in [0, 0.1) is 5.82 Å². The average Bonchev–Trinajstić information content (AvgIpc) is 2.78. The molecule has 20 heavy (non-hydrogen) atoms. The molecule has 3 rings (SSSR count). The van der Waals surface area contributed by atoms with Crippen molar-refractivity contribution in [2.24, 2.45) is 0 Å². The molecule has 0 amide bonds. The van der Waals surface area contributed by atoms with Crippen LogP contribution in [0.1, 0.15) is 0 Å². The van der Waals surface area contributed by atoms with E-state index in [2.05, 4.69) is 15.4 Å². The third-order valence-electron chi connectivity index (χ3n) is 2.90.